The van der Waals surface area contributed by atoms with E-state index in [2.05, 4.69) is 10.3 Å². The van der Waals surface area contributed by atoms with Gasteiger partial charge in [-0.05, 0) is 31.5 Å². The lowest BCUT2D eigenvalue weighted by molar-refractivity contribution is -0.178. The number of carboxylic acid groups (broad SMARTS) is 1. The second-order valence-corrected chi connectivity index (χ2v) is 6.01. The predicted molar refractivity (Wildman–Crippen MR) is 79.1 cm³/mol. The lowest BCUT2D eigenvalue weighted by Crippen LogP contribution is -2.56. The zero-order valence-corrected chi connectivity index (χ0v) is 12.8. The van der Waals surface area contributed by atoms with E-state index in [-0.39, 0.29) is 19.0 Å². The maximum atomic E-state index is 12.0. The number of rotatable bonds is 5. The van der Waals surface area contributed by atoms with Crippen LogP contribution in [-0.2, 0) is 20.9 Å². The van der Waals surface area contributed by atoms with Gasteiger partial charge in [0.2, 0.25) is 5.91 Å². The van der Waals surface area contributed by atoms with Crippen LogP contribution in [0.15, 0.2) is 24.5 Å². The SMILES string of the molecule is CC1(C)CN(CC(=O)NCc2ccncc2)CC(C(=O)O)O1. The number of hydrogen-bond acceptors (Lipinski definition) is 5. The number of nitrogens with zero attached hydrogens (tertiary/aromatic N) is 2. The van der Waals surface area contributed by atoms with Gasteiger partial charge in [-0.15, -0.1) is 0 Å². The first kappa shape index (κ1) is 16.4. The zero-order valence-electron chi connectivity index (χ0n) is 12.8. The number of morpholine rings is 1. The molecule has 0 spiro atoms. The van der Waals surface area contributed by atoms with Crippen LogP contribution in [0.4, 0.5) is 0 Å². The first-order chi connectivity index (χ1) is 10.4. The molecule has 7 heteroatoms. The lowest BCUT2D eigenvalue weighted by Gasteiger charge is -2.40. The average molecular weight is 307 g/mol. The van der Waals surface area contributed by atoms with Crippen molar-refractivity contribution in [3.63, 3.8) is 0 Å². The van der Waals surface area contributed by atoms with Crippen molar-refractivity contribution in [1.29, 1.82) is 0 Å². The van der Waals surface area contributed by atoms with Crippen molar-refractivity contribution < 1.29 is 19.4 Å². The molecule has 1 fully saturated rings. The van der Waals surface area contributed by atoms with Crippen LogP contribution in [0, 0.1) is 0 Å². The van der Waals surface area contributed by atoms with Crippen molar-refractivity contribution in [3.05, 3.63) is 30.1 Å². The van der Waals surface area contributed by atoms with Gasteiger partial charge in [-0.3, -0.25) is 14.7 Å². The van der Waals surface area contributed by atoms with Crippen LogP contribution in [0.2, 0.25) is 0 Å². The highest BCUT2D eigenvalue weighted by Gasteiger charge is 2.37. The van der Waals surface area contributed by atoms with Gasteiger partial charge in [-0.25, -0.2) is 4.79 Å². The van der Waals surface area contributed by atoms with Crippen LogP contribution >= 0.6 is 0 Å². The van der Waals surface area contributed by atoms with E-state index in [9.17, 15) is 9.59 Å². The third-order valence-corrected chi connectivity index (χ3v) is 3.37. The molecule has 0 saturated carbocycles. The van der Waals surface area contributed by atoms with Gasteiger partial charge in [0.05, 0.1) is 12.1 Å². The van der Waals surface area contributed by atoms with Gasteiger partial charge in [-0.2, -0.15) is 0 Å². The fourth-order valence-corrected chi connectivity index (χ4v) is 2.51. The topological polar surface area (TPSA) is 91.8 Å². The minimum Gasteiger partial charge on any atom is -0.479 e. The van der Waals surface area contributed by atoms with Gasteiger partial charge in [0.25, 0.3) is 0 Å². The van der Waals surface area contributed by atoms with Crippen LogP contribution in [0.3, 0.4) is 0 Å². The smallest absolute Gasteiger partial charge is 0.334 e. The van der Waals surface area contributed by atoms with Crippen LogP contribution in [-0.4, -0.2) is 58.2 Å². The lowest BCUT2D eigenvalue weighted by atomic mass is 10.1. The summed E-state index contributed by atoms with van der Waals surface area (Å²) in [5.74, 6) is -1.14. The Balaban J connectivity index is 1.86. The van der Waals surface area contributed by atoms with Crippen LogP contribution in [0.5, 0.6) is 0 Å². The Kier molecular flexibility index (Phi) is 5.10. The standard InChI is InChI=1S/C15H21N3O4/c1-15(2)10-18(8-12(22-15)14(20)21)9-13(19)17-7-11-3-5-16-6-4-11/h3-6,12H,7-10H2,1-2H3,(H,17,19)(H,20,21). The summed E-state index contributed by atoms with van der Waals surface area (Å²) in [7, 11) is 0. The number of carboxylic acids is 1. The van der Waals surface area contributed by atoms with E-state index in [1.807, 2.05) is 30.9 Å². The molecule has 2 rings (SSSR count). The molecule has 1 aromatic heterocycles. The molecule has 1 aliphatic heterocycles. The van der Waals surface area contributed by atoms with Crippen molar-refractivity contribution in [1.82, 2.24) is 15.2 Å². The first-order valence-corrected chi connectivity index (χ1v) is 7.14. The highest BCUT2D eigenvalue weighted by atomic mass is 16.5. The van der Waals surface area contributed by atoms with Crippen molar-refractivity contribution in [2.24, 2.45) is 0 Å². The number of hydrogen-bond donors (Lipinski definition) is 2. The largest absolute Gasteiger partial charge is 0.479 e. The van der Waals surface area contributed by atoms with E-state index < -0.39 is 17.7 Å². The highest BCUT2D eigenvalue weighted by Crippen LogP contribution is 2.20. The summed E-state index contributed by atoms with van der Waals surface area (Å²) < 4.78 is 5.50. The molecule has 2 heterocycles. The minimum absolute atomic E-state index is 0.140. The van der Waals surface area contributed by atoms with Gasteiger partial charge in [0.15, 0.2) is 6.10 Å². The molecule has 0 bridgehead atoms. The van der Waals surface area contributed by atoms with Crippen LogP contribution in [0.25, 0.3) is 0 Å². The average Bonchev–Trinajstić information content (AvgIpc) is 2.44. The summed E-state index contributed by atoms with van der Waals surface area (Å²) in [6, 6.07) is 3.66. The summed E-state index contributed by atoms with van der Waals surface area (Å²) in [6.45, 7) is 4.95. The highest BCUT2D eigenvalue weighted by molar-refractivity contribution is 5.78. The van der Waals surface area contributed by atoms with E-state index >= 15 is 0 Å². The second-order valence-electron chi connectivity index (χ2n) is 6.01. The molecule has 0 aliphatic carbocycles. The quantitative estimate of drug-likeness (QED) is 0.811. The molecule has 0 radical (unpaired) electrons. The van der Waals surface area contributed by atoms with Crippen LogP contribution < -0.4 is 5.32 Å². The Morgan fingerprint density at radius 2 is 2.14 bits per heavy atom. The van der Waals surface area contributed by atoms with Gasteiger partial charge in [0.1, 0.15) is 0 Å². The molecule has 1 aliphatic rings. The molecule has 1 aromatic rings. The summed E-state index contributed by atoms with van der Waals surface area (Å²) >= 11 is 0. The summed E-state index contributed by atoms with van der Waals surface area (Å²) in [4.78, 5) is 28.9. The van der Waals surface area contributed by atoms with Crippen molar-refractivity contribution in [2.75, 3.05) is 19.6 Å². The third-order valence-electron chi connectivity index (χ3n) is 3.37. The van der Waals surface area contributed by atoms with Gasteiger partial charge in [-0.1, -0.05) is 0 Å². The molecule has 1 atom stereocenters. The monoisotopic (exact) mass is 307 g/mol. The Labute approximate surface area is 129 Å². The Hall–Kier alpha value is -1.99. The number of carbonyl (C=O) groups excluding carboxylic acids is 1. The second kappa shape index (κ2) is 6.85. The van der Waals surface area contributed by atoms with E-state index in [0.717, 1.165) is 5.56 Å². The Morgan fingerprint density at radius 1 is 1.45 bits per heavy atom. The molecule has 1 unspecified atom stereocenters. The molecule has 22 heavy (non-hydrogen) atoms. The molecular formula is C15H21N3O4. The number of amides is 1. The Morgan fingerprint density at radius 3 is 2.77 bits per heavy atom. The number of carbonyl (C=O) groups is 2. The third kappa shape index (κ3) is 4.78. The number of aromatic nitrogens is 1. The molecule has 1 amide bonds. The fraction of sp³-hybridized carbons (Fsp3) is 0.533. The summed E-state index contributed by atoms with van der Waals surface area (Å²) in [5.41, 5.74) is 0.376. The molecule has 2 N–H and O–H groups in total. The van der Waals surface area contributed by atoms with E-state index in [4.69, 9.17) is 9.84 Å². The predicted octanol–water partition coefficient (Wildman–Crippen LogP) is 0.262. The molecule has 120 valence electrons. The molecular weight excluding hydrogens is 286 g/mol. The Bertz CT molecular complexity index is 533. The van der Waals surface area contributed by atoms with Crippen molar-refractivity contribution >= 4 is 11.9 Å². The molecule has 7 nitrogen and oxygen atoms in total. The van der Waals surface area contributed by atoms with Crippen LogP contribution in [0.1, 0.15) is 19.4 Å². The minimum atomic E-state index is -1.00. The van der Waals surface area contributed by atoms with E-state index in [0.29, 0.717) is 13.1 Å². The van der Waals surface area contributed by atoms with Gasteiger partial charge in [0, 0.05) is 32.0 Å². The number of pyridine rings is 1. The zero-order chi connectivity index (χ0) is 16.2. The maximum absolute atomic E-state index is 12.0. The summed E-state index contributed by atoms with van der Waals surface area (Å²) in [5, 5.41) is 11.9. The molecule has 1 saturated heterocycles. The van der Waals surface area contributed by atoms with E-state index in [1.165, 1.54) is 0 Å². The van der Waals surface area contributed by atoms with Gasteiger partial charge >= 0.3 is 5.97 Å². The van der Waals surface area contributed by atoms with Crippen molar-refractivity contribution in [3.8, 4) is 0 Å². The number of ether oxygens (including phenoxy) is 1. The maximum Gasteiger partial charge on any atom is 0.334 e. The van der Waals surface area contributed by atoms with Crippen molar-refractivity contribution in [2.45, 2.75) is 32.1 Å². The molecule has 0 aromatic carbocycles. The summed E-state index contributed by atoms with van der Waals surface area (Å²) in [6.07, 6.45) is 2.43. The first-order valence-electron chi connectivity index (χ1n) is 7.14. The van der Waals surface area contributed by atoms with E-state index in [1.54, 1.807) is 12.4 Å². The fourth-order valence-electron chi connectivity index (χ4n) is 2.51. The number of aliphatic carboxylic acids is 1. The normalized spacial score (nSPS) is 21.3. The number of nitrogens with one attached hydrogen (secondary N) is 1. The van der Waals surface area contributed by atoms with Gasteiger partial charge < -0.3 is 15.2 Å².